The average molecular weight is 325 g/mol. The van der Waals surface area contributed by atoms with Crippen LogP contribution in [0.5, 0.6) is 0 Å². The van der Waals surface area contributed by atoms with Gasteiger partial charge in [0.1, 0.15) is 5.69 Å². The van der Waals surface area contributed by atoms with Crippen molar-refractivity contribution in [2.24, 2.45) is 11.8 Å². The fraction of sp³-hybridized carbons (Fsp3) is 0.611. The number of amides is 1. The Hall–Kier alpha value is -1.95. The summed E-state index contributed by atoms with van der Waals surface area (Å²) in [4.78, 5) is 26.3. The van der Waals surface area contributed by atoms with Crippen LogP contribution in [-0.2, 0) is 0 Å². The monoisotopic (exact) mass is 325 g/mol. The van der Waals surface area contributed by atoms with Gasteiger partial charge in [-0.25, -0.2) is 9.97 Å². The fourth-order valence-electron chi connectivity index (χ4n) is 4.30. The van der Waals surface area contributed by atoms with Gasteiger partial charge in [0.25, 0.3) is 5.91 Å². The number of rotatable bonds is 3. The molecule has 6 heteroatoms. The van der Waals surface area contributed by atoms with Crippen LogP contribution in [0, 0.1) is 11.8 Å². The standard InChI is InChI=1S/C18H23N5O/c24-17(16-12-21-7-1-6-19-18(21)20-16)23-10-14-4-5-15(11-23)22(9-14)8-13-2-3-13/h1,6-7,12-15H,2-5,8-11H2/t14-,15-/m1/s1. The quantitative estimate of drug-likeness (QED) is 0.861. The van der Waals surface area contributed by atoms with Crippen molar-refractivity contribution < 1.29 is 4.79 Å². The molecule has 0 spiro atoms. The molecule has 5 heterocycles. The number of fused-ring (bicyclic) bond motifs is 5. The molecule has 0 N–H and O–H groups in total. The number of hydrogen-bond donors (Lipinski definition) is 0. The molecular formula is C18H23N5O. The lowest BCUT2D eigenvalue weighted by Crippen LogP contribution is -2.45. The summed E-state index contributed by atoms with van der Waals surface area (Å²) >= 11 is 0. The molecule has 126 valence electrons. The Kier molecular flexibility index (Phi) is 3.33. The summed E-state index contributed by atoms with van der Waals surface area (Å²) in [6.45, 7) is 4.13. The minimum absolute atomic E-state index is 0.0608. The first-order valence-corrected chi connectivity index (χ1v) is 9.09. The number of carbonyl (C=O) groups is 1. The Balaban J connectivity index is 1.37. The first-order valence-electron chi connectivity index (χ1n) is 9.09. The number of nitrogens with zero attached hydrogens (tertiary/aromatic N) is 5. The predicted molar refractivity (Wildman–Crippen MR) is 89.7 cm³/mol. The van der Waals surface area contributed by atoms with Gasteiger partial charge in [-0.05, 0) is 43.6 Å². The summed E-state index contributed by atoms with van der Waals surface area (Å²) in [5, 5.41) is 0. The summed E-state index contributed by atoms with van der Waals surface area (Å²) in [7, 11) is 0. The number of piperidine rings is 1. The maximum absolute atomic E-state index is 13.0. The molecule has 1 aliphatic carbocycles. The molecule has 4 aliphatic rings. The zero-order chi connectivity index (χ0) is 16.1. The van der Waals surface area contributed by atoms with Gasteiger partial charge in [-0.15, -0.1) is 0 Å². The van der Waals surface area contributed by atoms with E-state index in [9.17, 15) is 4.79 Å². The van der Waals surface area contributed by atoms with Gasteiger partial charge in [0.2, 0.25) is 5.78 Å². The van der Waals surface area contributed by atoms with Crippen LogP contribution in [0.4, 0.5) is 0 Å². The molecule has 0 radical (unpaired) electrons. The second-order valence-corrected chi connectivity index (χ2v) is 7.66. The predicted octanol–water partition coefficient (Wildman–Crippen LogP) is 1.68. The summed E-state index contributed by atoms with van der Waals surface area (Å²) in [5.74, 6) is 2.18. The smallest absolute Gasteiger partial charge is 0.274 e. The first kappa shape index (κ1) is 14.4. The van der Waals surface area contributed by atoms with Crippen LogP contribution in [-0.4, -0.2) is 62.3 Å². The molecule has 2 aromatic heterocycles. The highest BCUT2D eigenvalue weighted by molar-refractivity contribution is 5.92. The van der Waals surface area contributed by atoms with Gasteiger partial charge in [-0.1, -0.05) is 0 Å². The van der Waals surface area contributed by atoms with Crippen molar-refractivity contribution in [2.75, 3.05) is 26.2 Å². The van der Waals surface area contributed by atoms with E-state index in [-0.39, 0.29) is 5.91 Å². The number of aromatic nitrogens is 3. The zero-order valence-electron chi connectivity index (χ0n) is 13.8. The summed E-state index contributed by atoms with van der Waals surface area (Å²) in [6, 6.07) is 2.38. The van der Waals surface area contributed by atoms with E-state index in [4.69, 9.17) is 0 Å². The average Bonchev–Trinajstić information content (AvgIpc) is 3.36. The molecule has 3 saturated heterocycles. The number of carbonyl (C=O) groups excluding carboxylic acids is 1. The van der Waals surface area contributed by atoms with Crippen molar-refractivity contribution >= 4 is 11.7 Å². The topological polar surface area (TPSA) is 53.7 Å². The Morgan fingerprint density at radius 2 is 2.08 bits per heavy atom. The largest absolute Gasteiger partial charge is 0.335 e. The van der Waals surface area contributed by atoms with Gasteiger partial charge >= 0.3 is 0 Å². The van der Waals surface area contributed by atoms with Crippen molar-refractivity contribution in [3.63, 3.8) is 0 Å². The van der Waals surface area contributed by atoms with E-state index < -0.39 is 0 Å². The minimum atomic E-state index is 0.0608. The lowest BCUT2D eigenvalue weighted by Gasteiger charge is -2.36. The van der Waals surface area contributed by atoms with Crippen molar-refractivity contribution in [1.82, 2.24) is 24.2 Å². The van der Waals surface area contributed by atoms with Crippen LogP contribution in [0.3, 0.4) is 0 Å². The number of imidazole rings is 1. The second-order valence-electron chi connectivity index (χ2n) is 7.66. The molecular weight excluding hydrogens is 302 g/mol. The van der Waals surface area contributed by atoms with Gasteiger partial charge in [-0.3, -0.25) is 14.1 Å². The fourth-order valence-corrected chi connectivity index (χ4v) is 4.30. The molecule has 2 atom stereocenters. The van der Waals surface area contributed by atoms with Gasteiger partial charge in [0.05, 0.1) is 0 Å². The van der Waals surface area contributed by atoms with Gasteiger partial charge in [0, 0.05) is 50.8 Å². The van der Waals surface area contributed by atoms with E-state index in [1.807, 2.05) is 21.6 Å². The van der Waals surface area contributed by atoms with Gasteiger partial charge in [0.15, 0.2) is 0 Å². The maximum atomic E-state index is 13.0. The highest BCUT2D eigenvalue weighted by Gasteiger charge is 2.39. The highest BCUT2D eigenvalue weighted by atomic mass is 16.2. The Morgan fingerprint density at radius 3 is 2.92 bits per heavy atom. The zero-order valence-corrected chi connectivity index (χ0v) is 13.8. The Morgan fingerprint density at radius 1 is 1.17 bits per heavy atom. The van der Waals surface area contributed by atoms with Gasteiger partial charge < -0.3 is 4.90 Å². The molecule has 1 saturated carbocycles. The molecule has 1 amide bonds. The highest BCUT2D eigenvalue weighted by Crippen LogP contribution is 2.35. The minimum Gasteiger partial charge on any atom is -0.335 e. The molecule has 24 heavy (non-hydrogen) atoms. The summed E-state index contributed by atoms with van der Waals surface area (Å²) in [6.07, 6.45) is 10.7. The second kappa shape index (κ2) is 5.55. The van der Waals surface area contributed by atoms with Crippen LogP contribution in [0.1, 0.15) is 36.2 Å². The molecule has 6 rings (SSSR count). The lowest BCUT2D eigenvalue weighted by molar-refractivity contribution is 0.0731. The van der Waals surface area contributed by atoms with E-state index >= 15 is 0 Å². The maximum Gasteiger partial charge on any atom is 0.274 e. The number of hydrogen-bond acceptors (Lipinski definition) is 4. The van der Waals surface area contributed by atoms with E-state index in [2.05, 4.69) is 14.9 Å². The molecule has 0 aromatic carbocycles. The van der Waals surface area contributed by atoms with E-state index in [1.165, 1.54) is 32.2 Å². The summed E-state index contributed by atoms with van der Waals surface area (Å²) < 4.78 is 1.82. The molecule has 6 nitrogen and oxygen atoms in total. The molecule has 2 aromatic rings. The van der Waals surface area contributed by atoms with Crippen LogP contribution in [0.25, 0.3) is 5.78 Å². The summed E-state index contributed by atoms with van der Waals surface area (Å²) in [5.41, 5.74) is 0.517. The van der Waals surface area contributed by atoms with E-state index in [1.54, 1.807) is 12.4 Å². The van der Waals surface area contributed by atoms with E-state index in [0.29, 0.717) is 23.4 Å². The normalized spacial score (nSPS) is 27.6. The molecule has 4 fully saturated rings. The third-order valence-electron chi connectivity index (χ3n) is 5.76. The Labute approximate surface area is 141 Å². The van der Waals surface area contributed by atoms with Crippen molar-refractivity contribution in [3.8, 4) is 0 Å². The van der Waals surface area contributed by atoms with Crippen LogP contribution < -0.4 is 0 Å². The Bertz CT molecular complexity index is 735. The van der Waals surface area contributed by atoms with Crippen molar-refractivity contribution in [3.05, 3.63) is 30.4 Å². The molecule has 0 unspecified atom stereocenters. The van der Waals surface area contributed by atoms with Crippen LogP contribution in [0.2, 0.25) is 0 Å². The SMILES string of the molecule is O=C(c1cn2cccnc2n1)N1C[C@@H]2CC[C@H](C1)N(CC1CC1)C2. The van der Waals surface area contributed by atoms with Crippen molar-refractivity contribution in [2.45, 2.75) is 31.7 Å². The third kappa shape index (κ3) is 2.59. The van der Waals surface area contributed by atoms with Crippen LogP contribution >= 0.6 is 0 Å². The van der Waals surface area contributed by atoms with Gasteiger partial charge in [-0.2, -0.15) is 0 Å². The van der Waals surface area contributed by atoms with E-state index in [0.717, 1.165) is 25.6 Å². The molecule has 2 bridgehead atoms. The third-order valence-corrected chi connectivity index (χ3v) is 5.76. The first-order chi connectivity index (χ1) is 11.8. The van der Waals surface area contributed by atoms with Crippen LogP contribution in [0.15, 0.2) is 24.7 Å². The molecule has 3 aliphatic heterocycles. The van der Waals surface area contributed by atoms with Crippen molar-refractivity contribution in [1.29, 1.82) is 0 Å². The lowest BCUT2D eigenvalue weighted by atomic mass is 9.95.